The smallest absolute Gasteiger partial charge is 0.269 e. The monoisotopic (exact) mass is 450 g/mol. The second-order valence-electron chi connectivity index (χ2n) is 5.83. The lowest BCUT2D eigenvalue weighted by atomic mass is 10.2. The van der Waals surface area contributed by atoms with Gasteiger partial charge in [-0.25, -0.2) is 0 Å². The van der Waals surface area contributed by atoms with E-state index in [0.717, 1.165) is 12.8 Å². The van der Waals surface area contributed by atoms with Gasteiger partial charge in [0.15, 0.2) is 11.5 Å². The van der Waals surface area contributed by atoms with Crippen molar-refractivity contribution in [1.29, 1.82) is 0 Å². The molecule has 28 heavy (non-hydrogen) atoms. The van der Waals surface area contributed by atoms with Crippen LogP contribution in [-0.4, -0.2) is 32.6 Å². The average molecular weight is 451 g/mol. The van der Waals surface area contributed by atoms with E-state index >= 15 is 0 Å². The van der Waals surface area contributed by atoms with Gasteiger partial charge in [-0.05, 0) is 58.7 Å². The molecule has 2 aromatic rings. The van der Waals surface area contributed by atoms with Crippen molar-refractivity contribution >= 4 is 27.7 Å². The second kappa shape index (κ2) is 10.6. The standard InChI is InChI=1S/C20H23BrN2O5/c1-4-5-10-28-17-9-7-14(12-18(17)27-3)20(25)23-22-19(24)13-6-8-16(26-2)15(21)11-13/h6-9,11-12H,4-5,10H2,1-3H3,(H,22,24)(H,23,25). The molecule has 0 saturated heterocycles. The highest BCUT2D eigenvalue weighted by Crippen LogP contribution is 2.28. The summed E-state index contributed by atoms with van der Waals surface area (Å²) in [6.07, 6.45) is 1.95. The quantitative estimate of drug-likeness (QED) is 0.472. The topological polar surface area (TPSA) is 85.9 Å². The van der Waals surface area contributed by atoms with E-state index in [2.05, 4.69) is 33.7 Å². The average Bonchev–Trinajstić information content (AvgIpc) is 2.71. The van der Waals surface area contributed by atoms with Gasteiger partial charge >= 0.3 is 0 Å². The Labute approximate surface area is 172 Å². The van der Waals surface area contributed by atoms with Crippen LogP contribution in [0.3, 0.4) is 0 Å². The Morgan fingerprint density at radius 3 is 2.00 bits per heavy atom. The summed E-state index contributed by atoms with van der Waals surface area (Å²) < 4.78 is 16.7. The van der Waals surface area contributed by atoms with Crippen molar-refractivity contribution in [2.75, 3.05) is 20.8 Å². The fraction of sp³-hybridized carbons (Fsp3) is 0.300. The highest BCUT2D eigenvalue weighted by Gasteiger charge is 2.13. The molecule has 0 aliphatic heterocycles. The van der Waals surface area contributed by atoms with Gasteiger partial charge in [0.2, 0.25) is 0 Å². The van der Waals surface area contributed by atoms with Gasteiger partial charge in [-0.1, -0.05) is 13.3 Å². The van der Waals surface area contributed by atoms with E-state index in [-0.39, 0.29) is 0 Å². The van der Waals surface area contributed by atoms with E-state index in [1.807, 2.05) is 0 Å². The summed E-state index contributed by atoms with van der Waals surface area (Å²) in [5.74, 6) is 0.699. The third-order valence-electron chi connectivity index (χ3n) is 3.88. The van der Waals surface area contributed by atoms with Crippen molar-refractivity contribution < 1.29 is 23.8 Å². The minimum Gasteiger partial charge on any atom is -0.496 e. The number of carbonyl (C=O) groups is 2. The first-order valence-electron chi connectivity index (χ1n) is 8.75. The van der Waals surface area contributed by atoms with Crippen molar-refractivity contribution in [3.8, 4) is 17.2 Å². The van der Waals surface area contributed by atoms with Gasteiger partial charge in [-0.2, -0.15) is 0 Å². The van der Waals surface area contributed by atoms with Crippen LogP contribution in [0, 0.1) is 0 Å². The van der Waals surface area contributed by atoms with E-state index in [4.69, 9.17) is 14.2 Å². The largest absolute Gasteiger partial charge is 0.496 e. The molecule has 150 valence electrons. The molecule has 2 aromatic carbocycles. The molecule has 0 atom stereocenters. The van der Waals surface area contributed by atoms with Gasteiger partial charge < -0.3 is 14.2 Å². The molecule has 2 N–H and O–H groups in total. The molecule has 2 amide bonds. The first kappa shape index (κ1) is 21.6. The molecule has 0 unspecified atom stereocenters. The summed E-state index contributed by atoms with van der Waals surface area (Å²) in [5.41, 5.74) is 5.47. The highest BCUT2D eigenvalue weighted by atomic mass is 79.9. The summed E-state index contributed by atoms with van der Waals surface area (Å²) in [7, 11) is 3.04. The van der Waals surface area contributed by atoms with Crippen LogP contribution in [0.15, 0.2) is 40.9 Å². The molecule has 0 aliphatic carbocycles. The van der Waals surface area contributed by atoms with Crippen LogP contribution in [0.4, 0.5) is 0 Å². The number of methoxy groups -OCH3 is 2. The van der Waals surface area contributed by atoms with Crippen LogP contribution in [0.25, 0.3) is 0 Å². The summed E-state index contributed by atoms with van der Waals surface area (Å²) in [5, 5.41) is 0. The molecule has 0 heterocycles. The fourth-order valence-electron chi connectivity index (χ4n) is 2.32. The lowest BCUT2D eigenvalue weighted by Gasteiger charge is -2.12. The van der Waals surface area contributed by atoms with Crippen LogP contribution in [-0.2, 0) is 0 Å². The molecule has 2 rings (SSSR count). The van der Waals surface area contributed by atoms with E-state index in [1.54, 1.807) is 36.4 Å². The number of rotatable bonds is 8. The molecule has 7 nitrogen and oxygen atoms in total. The molecule has 0 aromatic heterocycles. The molecule has 0 saturated carbocycles. The molecule has 0 aliphatic rings. The number of unbranched alkanes of at least 4 members (excludes halogenated alkanes) is 1. The number of amides is 2. The molecule has 0 bridgehead atoms. The third kappa shape index (κ3) is 5.63. The SMILES string of the molecule is CCCCOc1ccc(C(=O)NNC(=O)c2ccc(OC)c(Br)c2)cc1OC. The maximum Gasteiger partial charge on any atom is 0.269 e. The number of hydrogen-bond donors (Lipinski definition) is 2. The third-order valence-corrected chi connectivity index (χ3v) is 4.50. The second-order valence-corrected chi connectivity index (χ2v) is 6.68. The van der Waals surface area contributed by atoms with Crippen LogP contribution >= 0.6 is 15.9 Å². The number of halogens is 1. The van der Waals surface area contributed by atoms with Crippen LogP contribution in [0.1, 0.15) is 40.5 Å². The number of hydrazine groups is 1. The Balaban J connectivity index is 2.00. The summed E-state index contributed by atoms with van der Waals surface area (Å²) >= 11 is 3.32. The normalized spacial score (nSPS) is 10.1. The van der Waals surface area contributed by atoms with Crippen LogP contribution in [0.2, 0.25) is 0 Å². The summed E-state index contributed by atoms with van der Waals surface area (Å²) in [6, 6.07) is 9.69. The maximum absolute atomic E-state index is 12.3. The molecule has 0 spiro atoms. The first-order valence-corrected chi connectivity index (χ1v) is 9.54. The van der Waals surface area contributed by atoms with E-state index < -0.39 is 11.8 Å². The number of nitrogens with one attached hydrogen (secondary N) is 2. The Kier molecular flexibility index (Phi) is 8.13. The molecular formula is C20H23BrN2O5. The Morgan fingerprint density at radius 1 is 0.893 bits per heavy atom. The number of carbonyl (C=O) groups excluding carboxylic acids is 2. The highest BCUT2D eigenvalue weighted by molar-refractivity contribution is 9.10. The zero-order chi connectivity index (χ0) is 20.5. The number of ether oxygens (including phenoxy) is 3. The maximum atomic E-state index is 12.3. The summed E-state index contributed by atoms with van der Waals surface area (Å²) in [4.78, 5) is 24.6. The van der Waals surface area contributed by atoms with Gasteiger partial charge in [0.1, 0.15) is 5.75 Å². The summed E-state index contributed by atoms with van der Waals surface area (Å²) in [6.45, 7) is 2.65. The lowest BCUT2D eigenvalue weighted by molar-refractivity contribution is 0.0846. The van der Waals surface area contributed by atoms with Gasteiger partial charge in [0.05, 0.1) is 25.3 Å². The van der Waals surface area contributed by atoms with Crippen molar-refractivity contribution in [3.63, 3.8) is 0 Å². The fourth-order valence-corrected chi connectivity index (χ4v) is 2.86. The lowest BCUT2D eigenvalue weighted by Crippen LogP contribution is -2.41. The molecule has 8 heteroatoms. The van der Waals surface area contributed by atoms with Gasteiger partial charge in [0, 0.05) is 11.1 Å². The zero-order valence-electron chi connectivity index (χ0n) is 16.0. The van der Waals surface area contributed by atoms with Crippen molar-refractivity contribution in [2.45, 2.75) is 19.8 Å². The minimum absolute atomic E-state index is 0.330. The zero-order valence-corrected chi connectivity index (χ0v) is 17.6. The van der Waals surface area contributed by atoms with Gasteiger partial charge in [0.25, 0.3) is 11.8 Å². The van der Waals surface area contributed by atoms with Gasteiger partial charge in [-0.3, -0.25) is 20.4 Å². The Morgan fingerprint density at radius 2 is 1.46 bits per heavy atom. The predicted molar refractivity (Wildman–Crippen MR) is 109 cm³/mol. The van der Waals surface area contributed by atoms with Crippen LogP contribution < -0.4 is 25.1 Å². The van der Waals surface area contributed by atoms with E-state index in [0.29, 0.717) is 39.5 Å². The minimum atomic E-state index is -0.473. The van der Waals surface area contributed by atoms with E-state index in [9.17, 15) is 9.59 Å². The first-order chi connectivity index (χ1) is 13.5. The van der Waals surface area contributed by atoms with E-state index in [1.165, 1.54) is 14.2 Å². The predicted octanol–water partition coefficient (Wildman–Crippen LogP) is 3.72. The Hall–Kier alpha value is -2.74. The number of benzene rings is 2. The molecular weight excluding hydrogens is 428 g/mol. The van der Waals surface area contributed by atoms with Crippen molar-refractivity contribution in [1.82, 2.24) is 10.9 Å². The van der Waals surface area contributed by atoms with Crippen molar-refractivity contribution in [2.24, 2.45) is 0 Å². The van der Waals surface area contributed by atoms with Gasteiger partial charge in [-0.15, -0.1) is 0 Å². The Bertz CT molecular complexity index is 841. The van der Waals surface area contributed by atoms with Crippen LogP contribution in [0.5, 0.6) is 17.2 Å². The molecule has 0 fully saturated rings. The molecule has 0 radical (unpaired) electrons. The van der Waals surface area contributed by atoms with Crippen molar-refractivity contribution in [3.05, 3.63) is 52.0 Å². The number of hydrogen-bond acceptors (Lipinski definition) is 5.